The lowest BCUT2D eigenvalue weighted by molar-refractivity contribution is -0.134. The fourth-order valence-electron chi connectivity index (χ4n) is 3.16. The Morgan fingerprint density at radius 1 is 1.14 bits per heavy atom. The van der Waals surface area contributed by atoms with Crippen molar-refractivity contribution >= 4 is 46.9 Å². The molecule has 0 spiro atoms. The summed E-state index contributed by atoms with van der Waals surface area (Å²) < 4.78 is 0. The Kier molecular flexibility index (Phi) is 5.96. The SMILES string of the molecule is CCC1(c2ccc(Cl)cc2)NC(=O)N(CC(=O)Nc2ccc(SC)cc2)C1=O. The van der Waals surface area contributed by atoms with Gasteiger partial charge < -0.3 is 10.6 Å². The molecule has 1 saturated heterocycles. The number of imide groups is 1. The van der Waals surface area contributed by atoms with Gasteiger partial charge in [-0.1, -0.05) is 30.7 Å². The molecule has 1 heterocycles. The van der Waals surface area contributed by atoms with E-state index in [9.17, 15) is 14.4 Å². The summed E-state index contributed by atoms with van der Waals surface area (Å²) in [6.45, 7) is 1.45. The van der Waals surface area contributed by atoms with Crippen molar-refractivity contribution in [2.24, 2.45) is 0 Å². The Labute approximate surface area is 172 Å². The molecule has 6 nitrogen and oxygen atoms in total. The molecule has 2 N–H and O–H groups in total. The summed E-state index contributed by atoms with van der Waals surface area (Å²) in [5.74, 6) is -0.890. The minimum Gasteiger partial charge on any atom is -0.325 e. The number of nitrogens with one attached hydrogen (secondary N) is 2. The van der Waals surface area contributed by atoms with Crippen LogP contribution in [0.5, 0.6) is 0 Å². The number of anilines is 1. The van der Waals surface area contributed by atoms with E-state index in [-0.39, 0.29) is 6.54 Å². The van der Waals surface area contributed by atoms with E-state index in [1.807, 2.05) is 25.3 Å². The lowest BCUT2D eigenvalue weighted by Gasteiger charge is -2.25. The van der Waals surface area contributed by atoms with Gasteiger partial charge in [0.1, 0.15) is 12.1 Å². The Morgan fingerprint density at radius 2 is 1.79 bits per heavy atom. The largest absolute Gasteiger partial charge is 0.325 e. The van der Waals surface area contributed by atoms with Crippen LogP contribution in [0.2, 0.25) is 5.02 Å². The van der Waals surface area contributed by atoms with Crippen LogP contribution in [-0.4, -0.2) is 35.5 Å². The maximum absolute atomic E-state index is 13.1. The molecule has 2 aromatic rings. The molecule has 1 unspecified atom stereocenters. The number of urea groups is 1. The van der Waals surface area contributed by atoms with Gasteiger partial charge in [-0.15, -0.1) is 11.8 Å². The molecule has 3 rings (SSSR count). The second kappa shape index (κ2) is 8.24. The normalized spacial score (nSPS) is 18.9. The van der Waals surface area contributed by atoms with Crippen molar-refractivity contribution in [2.75, 3.05) is 18.1 Å². The number of amides is 4. The lowest BCUT2D eigenvalue weighted by atomic mass is 9.87. The molecule has 0 bridgehead atoms. The smallest absolute Gasteiger partial charge is 0.325 e. The van der Waals surface area contributed by atoms with Gasteiger partial charge in [0, 0.05) is 15.6 Å². The van der Waals surface area contributed by atoms with Crippen LogP contribution in [0.25, 0.3) is 0 Å². The molecular weight excluding hydrogens is 398 g/mol. The van der Waals surface area contributed by atoms with E-state index >= 15 is 0 Å². The average molecular weight is 418 g/mol. The molecular formula is C20H20ClN3O3S. The van der Waals surface area contributed by atoms with Crippen LogP contribution in [0.4, 0.5) is 10.5 Å². The minimum atomic E-state index is -1.19. The third-order valence-corrected chi connectivity index (χ3v) is 5.71. The van der Waals surface area contributed by atoms with Crippen molar-refractivity contribution in [3.05, 3.63) is 59.1 Å². The Hall–Kier alpha value is -2.51. The first kappa shape index (κ1) is 20.2. The van der Waals surface area contributed by atoms with Crippen molar-refractivity contribution in [1.29, 1.82) is 0 Å². The number of rotatable bonds is 6. The molecule has 28 heavy (non-hydrogen) atoms. The second-order valence-corrected chi connectivity index (χ2v) is 7.68. The van der Waals surface area contributed by atoms with Crippen LogP contribution in [0.15, 0.2) is 53.4 Å². The van der Waals surface area contributed by atoms with E-state index in [0.717, 1.165) is 9.80 Å². The van der Waals surface area contributed by atoms with Gasteiger partial charge in [-0.3, -0.25) is 14.5 Å². The molecule has 1 atom stereocenters. The van der Waals surface area contributed by atoms with Crippen molar-refractivity contribution < 1.29 is 14.4 Å². The van der Waals surface area contributed by atoms with E-state index < -0.39 is 23.4 Å². The minimum absolute atomic E-state index is 0.355. The van der Waals surface area contributed by atoms with Crippen LogP contribution in [0.3, 0.4) is 0 Å². The number of benzene rings is 2. The van der Waals surface area contributed by atoms with Gasteiger partial charge >= 0.3 is 6.03 Å². The average Bonchev–Trinajstić information content (AvgIpc) is 2.94. The van der Waals surface area contributed by atoms with E-state index in [0.29, 0.717) is 22.7 Å². The summed E-state index contributed by atoms with van der Waals surface area (Å²) in [6.07, 6.45) is 2.32. The van der Waals surface area contributed by atoms with Crippen molar-refractivity contribution in [3.8, 4) is 0 Å². The van der Waals surface area contributed by atoms with E-state index in [1.165, 1.54) is 0 Å². The highest BCUT2D eigenvalue weighted by atomic mass is 35.5. The van der Waals surface area contributed by atoms with Gasteiger partial charge in [-0.05, 0) is 54.6 Å². The Bertz CT molecular complexity index is 902. The number of hydrogen-bond donors (Lipinski definition) is 2. The van der Waals surface area contributed by atoms with Gasteiger partial charge in [-0.25, -0.2) is 4.79 Å². The van der Waals surface area contributed by atoms with Crippen LogP contribution in [-0.2, 0) is 15.1 Å². The van der Waals surface area contributed by atoms with E-state index in [2.05, 4.69) is 10.6 Å². The van der Waals surface area contributed by atoms with Crippen LogP contribution in [0.1, 0.15) is 18.9 Å². The third-order valence-electron chi connectivity index (χ3n) is 4.72. The summed E-state index contributed by atoms with van der Waals surface area (Å²) in [5.41, 5.74) is 0.0460. The molecule has 1 fully saturated rings. The van der Waals surface area contributed by atoms with Gasteiger partial charge in [0.05, 0.1) is 0 Å². The molecule has 2 aromatic carbocycles. The maximum Gasteiger partial charge on any atom is 0.325 e. The quantitative estimate of drug-likeness (QED) is 0.552. The molecule has 1 aliphatic rings. The Morgan fingerprint density at radius 3 is 2.36 bits per heavy atom. The number of carbonyl (C=O) groups is 3. The summed E-state index contributed by atoms with van der Waals surface area (Å²) in [5, 5.41) is 6.00. The van der Waals surface area contributed by atoms with E-state index in [1.54, 1.807) is 48.2 Å². The molecule has 1 aliphatic heterocycles. The van der Waals surface area contributed by atoms with Crippen molar-refractivity contribution in [3.63, 3.8) is 0 Å². The van der Waals surface area contributed by atoms with E-state index in [4.69, 9.17) is 11.6 Å². The Balaban J connectivity index is 1.75. The first-order valence-electron chi connectivity index (χ1n) is 8.73. The molecule has 8 heteroatoms. The molecule has 4 amide bonds. The van der Waals surface area contributed by atoms with Crippen LogP contribution in [0, 0.1) is 0 Å². The summed E-state index contributed by atoms with van der Waals surface area (Å²) in [7, 11) is 0. The zero-order valence-corrected chi connectivity index (χ0v) is 17.1. The summed E-state index contributed by atoms with van der Waals surface area (Å²) in [4.78, 5) is 39.9. The molecule has 0 aromatic heterocycles. The first-order valence-corrected chi connectivity index (χ1v) is 10.3. The van der Waals surface area contributed by atoms with Gasteiger partial charge in [-0.2, -0.15) is 0 Å². The molecule has 0 radical (unpaired) electrons. The number of thioether (sulfide) groups is 1. The van der Waals surface area contributed by atoms with Gasteiger partial charge in [0.2, 0.25) is 5.91 Å². The zero-order valence-electron chi connectivity index (χ0n) is 15.5. The summed E-state index contributed by atoms with van der Waals surface area (Å²) >= 11 is 7.53. The monoisotopic (exact) mass is 417 g/mol. The highest BCUT2D eigenvalue weighted by Gasteiger charge is 2.51. The molecule has 146 valence electrons. The number of hydrogen-bond acceptors (Lipinski definition) is 4. The number of halogens is 1. The topological polar surface area (TPSA) is 78.5 Å². The second-order valence-electron chi connectivity index (χ2n) is 6.36. The zero-order chi connectivity index (χ0) is 20.3. The van der Waals surface area contributed by atoms with Gasteiger partial charge in [0.15, 0.2) is 0 Å². The first-order chi connectivity index (χ1) is 13.4. The van der Waals surface area contributed by atoms with Gasteiger partial charge in [0.25, 0.3) is 5.91 Å². The lowest BCUT2D eigenvalue weighted by Crippen LogP contribution is -2.44. The summed E-state index contributed by atoms with van der Waals surface area (Å²) in [6, 6.07) is 13.5. The fourth-order valence-corrected chi connectivity index (χ4v) is 3.70. The number of carbonyl (C=O) groups excluding carboxylic acids is 3. The van der Waals surface area contributed by atoms with Crippen molar-refractivity contribution in [2.45, 2.75) is 23.8 Å². The van der Waals surface area contributed by atoms with Crippen molar-refractivity contribution in [1.82, 2.24) is 10.2 Å². The highest BCUT2D eigenvalue weighted by Crippen LogP contribution is 2.33. The highest BCUT2D eigenvalue weighted by molar-refractivity contribution is 7.98. The molecule has 0 aliphatic carbocycles. The predicted octanol–water partition coefficient (Wildman–Crippen LogP) is 3.86. The predicted molar refractivity (Wildman–Crippen MR) is 111 cm³/mol. The standard InChI is InChI=1S/C20H20ClN3O3S/c1-3-20(13-4-6-14(21)7-5-13)18(26)24(19(27)23-20)12-17(25)22-15-8-10-16(28-2)11-9-15/h4-11H,3,12H2,1-2H3,(H,22,25)(H,23,27). The number of nitrogens with zero attached hydrogens (tertiary/aromatic N) is 1. The van der Waals surface area contributed by atoms with Crippen LogP contribution >= 0.6 is 23.4 Å². The van der Waals surface area contributed by atoms with Crippen LogP contribution < -0.4 is 10.6 Å². The fraction of sp³-hybridized carbons (Fsp3) is 0.250. The third kappa shape index (κ3) is 3.86. The maximum atomic E-state index is 13.1. The molecule has 0 saturated carbocycles.